The highest BCUT2D eigenvalue weighted by atomic mass is 16.6. The summed E-state index contributed by atoms with van der Waals surface area (Å²) in [5.74, 6) is 0. The fourth-order valence-electron chi connectivity index (χ4n) is 1.06. The molecule has 2 N–H and O–H groups in total. The zero-order valence-corrected chi connectivity index (χ0v) is 8.52. The van der Waals surface area contributed by atoms with Gasteiger partial charge in [0.25, 0.3) is 0 Å². The second-order valence-electron chi connectivity index (χ2n) is 3.21. The monoisotopic (exact) mass is 204 g/mol. The van der Waals surface area contributed by atoms with E-state index in [0.717, 1.165) is 45.0 Å². The molecule has 0 radical (unpaired) electrons. The van der Waals surface area contributed by atoms with E-state index in [4.69, 9.17) is 14.9 Å². The molecule has 14 heavy (non-hydrogen) atoms. The van der Waals surface area contributed by atoms with Crippen molar-refractivity contribution < 1.29 is 19.7 Å². The van der Waals surface area contributed by atoms with Crippen molar-refractivity contribution in [3.63, 3.8) is 0 Å². The van der Waals surface area contributed by atoms with Gasteiger partial charge in [-0.05, 0) is 32.1 Å². The van der Waals surface area contributed by atoms with E-state index in [0.29, 0.717) is 6.42 Å². The molecule has 0 saturated carbocycles. The van der Waals surface area contributed by atoms with Crippen molar-refractivity contribution in [3.8, 4) is 0 Å². The molecule has 1 heterocycles. The molecule has 1 unspecified atom stereocenters. The Kier molecular flexibility index (Phi) is 10.3. The van der Waals surface area contributed by atoms with Crippen LogP contribution in [-0.2, 0) is 9.53 Å². The Morgan fingerprint density at radius 3 is 2.50 bits per heavy atom. The lowest BCUT2D eigenvalue weighted by atomic mass is 10.2. The highest BCUT2D eigenvalue weighted by molar-refractivity contribution is 5.48. The summed E-state index contributed by atoms with van der Waals surface area (Å²) >= 11 is 0. The van der Waals surface area contributed by atoms with Crippen LogP contribution in [0.25, 0.3) is 0 Å². The minimum atomic E-state index is -0.464. The van der Waals surface area contributed by atoms with E-state index in [1.807, 2.05) is 0 Å². The van der Waals surface area contributed by atoms with E-state index < -0.39 is 6.29 Å². The van der Waals surface area contributed by atoms with Crippen molar-refractivity contribution in [1.82, 2.24) is 0 Å². The van der Waals surface area contributed by atoms with Crippen LogP contribution in [0.4, 0.5) is 0 Å². The summed E-state index contributed by atoms with van der Waals surface area (Å²) in [6, 6.07) is 0. The number of carbonyl (C=O) groups excluding carboxylic acids is 1. The van der Waals surface area contributed by atoms with Crippen LogP contribution in [0.15, 0.2) is 0 Å². The maximum absolute atomic E-state index is 9.60. The molecule has 0 aromatic carbocycles. The first-order valence-corrected chi connectivity index (χ1v) is 5.15. The lowest BCUT2D eigenvalue weighted by Gasteiger charge is -2.16. The number of aliphatic hydroxyl groups is 2. The van der Waals surface area contributed by atoms with Crippen molar-refractivity contribution >= 4 is 6.29 Å². The van der Waals surface area contributed by atoms with Crippen LogP contribution >= 0.6 is 0 Å². The van der Waals surface area contributed by atoms with Crippen LogP contribution in [0.2, 0.25) is 0 Å². The molecule has 0 bridgehead atoms. The molecule has 84 valence electrons. The highest BCUT2D eigenvalue weighted by Crippen LogP contribution is 2.08. The number of rotatable bonds is 4. The van der Waals surface area contributed by atoms with E-state index in [2.05, 4.69) is 0 Å². The minimum absolute atomic E-state index is 0.202. The van der Waals surface area contributed by atoms with Crippen molar-refractivity contribution in [2.75, 3.05) is 13.2 Å². The molecular weight excluding hydrogens is 184 g/mol. The number of hydrogen-bond donors (Lipinski definition) is 2. The predicted octanol–water partition coefficient (Wildman–Crippen LogP) is 0.853. The van der Waals surface area contributed by atoms with Gasteiger partial charge in [0.2, 0.25) is 0 Å². The topological polar surface area (TPSA) is 66.8 Å². The van der Waals surface area contributed by atoms with Gasteiger partial charge in [-0.2, -0.15) is 0 Å². The molecule has 0 aromatic heterocycles. The molecule has 1 fully saturated rings. The normalized spacial score (nSPS) is 20.9. The number of aldehydes is 1. The van der Waals surface area contributed by atoms with Crippen molar-refractivity contribution in [2.24, 2.45) is 0 Å². The summed E-state index contributed by atoms with van der Waals surface area (Å²) in [4.78, 5) is 9.60. The van der Waals surface area contributed by atoms with Crippen LogP contribution in [0.5, 0.6) is 0 Å². The largest absolute Gasteiger partial charge is 0.396 e. The number of unbranched alkanes of at least 4 members (excludes halogenated alkanes) is 2. The number of aliphatic hydroxyl groups excluding tert-OH is 2. The number of hydrogen-bond acceptors (Lipinski definition) is 4. The predicted molar refractivity (Wildman–Crippen MR) is 52.8 cm³/mol. The average molecular weight is 204 g/mol. The summed E-state index contributed by atoms with van der Waals surface area (Å²) in [6.07, 6.45) is 5.60. The van der Waals surface area contributed by atoms with Crippen LogP contribution in [0.3, 0.4) is 0 Å². The lowest BCUT2D eigenvalue weighted by Crippen LogP contribution is -2.17. The molecule has 1 saturated heterocycles. The lowest BCUT2D eigenvalue weighted by molar-refractivity contribution is -0.123. The maximum Gasteiger partial charge on any atom is 0.154 e. The molecule has 1 atom stereocenters. The third-order valence-corrected chi connectivity index (χ3v) is 1.89. The van der Waals surface area contributed by atoms with Gasteiger partial charge in [0.1, 0.15) is 6.29 Å². The van der Waals surface area contributed by atoms with Crippen LogP contribution in [0, 0.1) is 0 Å². The Bertz CT molecular complexity index is 121. The van der Waals surface area contributed by atoms with Gasteiger partial charge in [-0.25, -0.2) is 0 Å². The summed E-state index contributed by atoms with van der Waals surface area (Å²) in [5, 5.41) is 16.9. The van der Waals surface area contributed by atoms with Crippen molar-refractivity contribution in [1.29, 1.82) is 0 Å². The fourth-order valence-corrected chi connectivity index (χ4v) is 1.06. The van der Waals surface area contributed by atoms with Gasteiger partial charge >= 0.3 is 0 Å². The zero-order valence-electron chi connectivity index (χ0n) is 8.52. The summed E-state index contributed by atoms with van der Waals surface area (Å²) in [7, 11) is 0. The Morgan fingerprint density at radius 1 is 1.36 bits per heavy atom. The fraction of sp³-hybridized carbons (Fsp3) is 0.900. The molecule has 1 aliphatic heterocycles. The van der Waals surface area contributed by atoms with Gasteiger partial charge in [-0.3, -0.25) is 0 Å². The minimum Gasteiger partial charge on any atom is -0.396 e. The van der Waals surface area contributed by atoms with Gasteiger partial charge in [0.05, 0.1) is 0 Å². The van der Waals surface area contributed by atoms with Crippen molar-refractivity contribution in [3.05, 3.63) is 0 Å². The molecule has 4 nitrogen and oxygen atoms in total. The second kappa shape index (κ2) is 10.6. The molecule has 1 aliphatic rings. The Balaban J connectivity index is 0.000000241. The second-order valence-corrected chi connectivity index (χ2v) is 3.21. The Labute approximate surface area is 84.9 Å². The Hall–Kier alpha value is -0.450. The molecule has 0 spiro atoms. The third kappa shape index (κ3) is 9.64. The summed E-state index contributed by atoms with van der Waals surface area (Å²) in [6.45, 7) is 0.939. The number of carbonyl (C=O) groups is 1. The van der Waals surface area contributed by atoms with E-state index >= 15 is 0 Å². The quantitative estimate of drug-likeness (QED) is 0.526. The maximum atomic E-state index is 9.60. The first-order chi connectivity index (χ1) is 6.81. The first kappa shape index (κ1) is 13.5. The van der Waals surface area contributed by atoms with E-state index in [1.165, 1.54) is 0 Å². The van der Waals surface area contributed by atoms with Crippen LogP contribution < -0.4 is 0 Å². The molecule has 0 aromatic rings. The van der Waals surface area contributed by atoms with Crippen LogP contribution in [0.1, 0.15) is 38.5 Å². The smallest absolute Gasteiger partial charge is 0.154 e. The highest BCUT2D eigenvalue weighted by Gasteiger charge is 2.07. The number of ether oxygens (including phenoxy) is 1. The summed E-state index contributed by atoms with van der Waals surface area (Å²) in [5.41, 5.74) is 0. The van der Waals surface area contributed by atoms with E-state index in [1.54, 1.807) is 0 Å². The standard InChI is InChI=1S/2C5H10O2/c6-5-3-1-2-4-7-5;6-4-2-1-3-5-7/h5-6H,1-4H2;4,7H,1-3,5H2. The summed E-state index contributed by atoms with van der Waals surface area (Å²) < 4.78 is 4.83. The van der Waals surface area contributed by atoms with Gasteiger partial charge in [-0.15, -0.1) is 0 Å². The Morgan fingerprint density at radius 2 is 2.14 bits per heavy atom. The first-order valence-electron chi connectivity index (χ1n) is 5.15. The van der Waals surface area contributed by atoms with E-state index in [9.17, 15) is 4.79 Å². The van der Waals surface area contributed by atoms with Gasteiger partial charge < -0.3 is 19.7 Å². The molecule has 4 heteroatoms. The molecule has 0 aliphatic carbocycles. The average Bonchev–Trinajstić information content (AvgIpc) is 2.21. The van der Waals surface area contributed by atoms with Gasteiger partial charge in [-0.1, -0.05) is 0 Å². The van der Waals surface area contributed by atoms with E-state index in [-0.39, 0.29) is 6.61 Å². The van der Waals surface area contributed by atoms with Crippen molar-refractivity contribution in [2.45, 2.75) is 44.8 Å². The van der Waals surface area contributed by atoms with Crippen LogP contribution in [-0.4, -0.2) is 36.0 Å². The zero-order chi connectivity index (χ0) is 10.6. The SMILES string of the molecule is O=CCCCCO.OC1CCCCO1. The third-order valence-electron chi connectivity index (χ3n) is 1.89. The molecule has 1 rings (SSSR count). The van der Waals surface area contributed by atoms with Gasteiger partial charge in [0, 0.05) is 19.6 Å². The molecular formula is C10H20O4. The van der Waals surface area contributed by atoms with Gasteiger partial charge in [0.15, 0.2) is 6.29 Å². The molecule has 0 amide bonds.